The minimum absolute atomic E-state index is 0.0823. The molecule has 0 radical (unpaired) electrons. The quantitative estimate of drug-likeness (QED) is 0.873. The minimum Gasteiger partial charge on any atom is -0.482 e. The average molecular weight is 374 g/mol. The van der Waals surface area contributed by atoms with Crippen LogP contribution in [0.15, 0.2) is 18.2 Å². The van der Waals surface area contributed by atoms with E-state index < -0.39 is 5.60 Å². The van der Waals surface area contributed by atoms with Gasteiger partial charge in [-0.1, -0.05) is 13.0 Å². The maximum absolute atomic E-state index is 12.2. The molecule has 1 saturated heterocycles. The van der Waals surface area contributed by atoms with Crippen molar-refractivity contribution in [3.8, 4) is 5.75 Å². The Kier molecular flexibility index (Phi) is 5.63. The number of nitrogens with one attached hydrogen (secondary N) is 1. The molecule has 2 amide bonds. The van der Waals surface area contributed by atoms with E-state index in [0.717, 1.165) is 43.8 Å². The predicted molar refractivity (Wildman–Crippen MR) is 104 cm³/mol. The zero-order valence-electron chi connectivity index (χ0n) is 16.7. The van der Waals surface area contributed by atoms with Crippen molar-refractivity contribution < 1.29 is 19.1 Å². The van der Waals surface area contributed by atoms with E-state index in [0.29, 0.717) is 11.8 Å². The highest BCUT2D eigenvalue weighted by Gasteiger charge is 2.29. The Morgan fingerprint density at radius 1 is 1.33 bits per heavy atom. The lowest BCUT2D eigenvalue weighted by atomic mass is 9.82. The van der Waals surface area contributed by atoms with Gasteiger partial charge in [-0.25, -0.2) is 4.79 Å². The number of ether oxygens (including phenoxy) is 2. The number of anilines is 1. The molecule has 1 aromatic rings. The summed E-state index contributed by atoms with van der Waals surface area (Å²) < 4.78 is 10.9. The summed E-state index contributed by atoms with van der Waals surface area (Å²) in [5.41, 5.74) is 1.50. The molecule has 3 rings (SSSR count). The number of carbonyl (C=O) groups excluding carboxylic acids is 2. The lowest BCUT2D eigenvalue weighted by Gasteiger charge is -2.35. The molecule has 2 heterocycles. The summed E-state index contributed by atoms with van der Waals surface area (Å²) in [5.74, 6) is 1.70. The molecule has 6 heteroatoms. The Hall–Kier alpha value is -2.24. The van der Waals surface area contributed by atoms with E-state index in [1.54, 1.807) is 0 Å². The first-order chi connectivity index (χ1) is 12.7. The van der Waals surface area contributed by atoms with Crippen molar-refractivity contribution in [3.63, 3.8) is 0 Å². The SMILES string of the molecule is CC(Cc1ccc2c(c1)NC(=O)CO2)C1CCN(C(=O)OC(C)(C)C)CC1. The first kappa shape index (κ1) is 19.5. The summed E-state index contributed by atoms with van der Waals surface area (Å²) >= 11 is 0. The van der Waals surface area contributed by atoms with Gasteiger partial charge in [0, 0.05) is 13.1 Å². The number of hydrogen-bond donors (Lipinski definition) is 1. The number of hydrogen-bond acceptors (Lipinski definition) is 4. The highest BCUT2D eigenvalue weighted by molar-refractivity contribution is 5.95. The molecular weight excluding hydrogens is 344 g/mol. The van der Waals surface area contributed by atoms with E-state index in [-0.39, 0.29) is 18.6 Å². The van der Waals surface area contributed by atoms with Gasteiger partial charge in [-0.3, -0.25) is 4.79 Å². The number of piperidine rings is 1. The molecular formula is C21H30N2O4. The first-order valence-electron chi connectivity index (χ1n) is 9.75. The molecule has 1 fully saturated rings. The van der Waals surface area contributed by atoms with Gasteiger partial charge in [0.05, 0.1) is 5.69 Å². The molecule has 1 aromatic carbocycles. The van der Waals surface area contributed by atoms with Crippen LogP contribution < -0.4 is 10.1 Å². The molecule has 0 spiro atoms. The Labute approximate surface area is 161 Å². The van der Waals surface area contributed by atoms with E-state index in [1.165, 1.54) is 5.56 Å². The number of benzene rings is 1. The summed E-state index contributed by atoms with van der Waals surface area (Å²) in [6.45, 7) is 9.53. The van der Waals surface area contributed by atoms with Crippen molar-refractivity contribution in [2.45, 2.75) is 52.6 Å². The zero-order valence-corrected chi connectivity index (χ0v) is 16.7. The molecule has 0 aliphatic carbocycles. The fraction of sp³-hybridized carbons (Fsp3) is 0.619. The van der Waals surface area contributed by atoms with E-state index >= 15 is 0 Å². The number of carbonyl (C=O) groups is 2. The second kappa shape index (κ2) is 7.79. The van der Waals surface area contributed by atoms with Crippen molar-refractivity contribution in [1.29, 1.82) is 0 Å². The van der Waals surface area contributed by atoms with Gasteiger partial charge in [0.15, 0.2) is 6.61 Å². The summed E-state index contributed by atoms with van der Waals surface area (Å²) in [6, 6.07) is 6.02. The van der Waals surface area contributed by atoms with Crippen LogP contribution in [0.5, 0.6) is 5.75 Å². The maximum atomic E-state index is 12.2. The Balaban J connectivity index is 1.53. The maximum Gasteiger partial charge on any atom is 0.410 e. The van der Waals surface area contributed by atoms with Crippen LogP contribution in [0.2, 0.25) is 0 Å². The molecule has 1 N–H and O–H groups in total. The minimum atomic E-state index is -0.452. The summed E-state index contributed by atoms with van der Waals surface area (Å²) in [6.07, 6.45) is 2.72. The van der Waals surface area contributed by atoms with E-state index in [2.05, 4.69) is 18.3 Å². The summed E-state index contributed by atoms with van der Waals surface area (Å²) in [5, 5.41) is 2.87. The lowest BCUT2D eigenvalue weighted by molar-refractivity contribution is -0.118. The van der Waals surface area contributed by atoms with Gasteiger partial charge >= 0.3 is 6.09 Å². The smallest absolute Gasteiger partial charge is 0.410 e. The third kappa shape index (κ3) is 5.15. The number of nitrogens with zero attached hydrogens (tertiary/aromatic N) is 1. The first-order valence-corrected chi connectivity index (χ1v) is 9.75. The van der Waals surface area contributed by atoms with E-state index in [9.17, 15) is 9.59 Å². The van der Waals surface area contributed by atoms with Crippen LogP contribution in [0.3, 0.4) is 0 Å². The lowest BCUT2D eigenvalue weighted by Crippen LogP contribution is -2.42. The molecule has 6 nitrogen and oxygen atoms in total. The molecule has 27 heavy (non-hydrogen) atoms. The largest absolute Gasteiger partial charge is 0.482 e. The highest BCUT2D eigenvalue weighted by atomic mass is 16.6. The van der Waals surface area contributed by atoms with Gasteiger partial charge < -0.3 is 19.7 Å². The molecule has 148 valence electrons. The molecule has 2 aliphatic heterocycles. The van der Waals surface area contributed by atoms with Crippen molar-refractivity contribution >= 4 is 17.7 Å². The van der Waals surface area contributed by atoms with Crippen molar-refractivity contribution in [3.05, 3.63) is 23.8 Å². The second-order valence-electron chi connectivity index (χ2n) is 8.65. The summed E-state index contributed by atoms with van der Waals surface area (Å²) in [4.78, 5) is 25.5. The molecule has 0 bridgehead atoms. The van der Waals surface area contributed by atoms with Gasteiger partial charge in [-0.05, 0) is 69.6 Å². The van der Waals surface area contributed by atoms with Gasteiger partial charge in [0.1, 0.15) is 11.4 Å². The fourth-order valence-corrected chi connectivity index (χ4v) is 3.77. The summed E-state index contributed by atoms with van der Waals surface area (Å²) in [7, 11) is 0. The molecule has 1 unspecified atom stereocenters. The normalized spacial score (nSPS) is 19.0. The topological polar surface area (TPSA) is 67.9 Å². The second-order valence-corrected chi connectivity index (χ2v) is 8.65. The van der Waals surface area contributed by atoms with Crippen LogP contribution in [0.25, 0.3) is 0 Å². The third-order valence-electron chi connectivity index (χ3n) is 5.23. The Morgan fingerprint density at radius 2 is 2.04 bits per heavy atom. The van der Waals surface area contributed by atoms with Crippen LogP contribution in [0.1, 0.15) is 46.1 Å². The monoisotopic (exact) mass is 374 g/mol. The van der Waals surface area contributed by atoms with E-state index in [4.69, 9.17) is 9.47 Å². The van der Waals surface area contributed by atoms with E-state index in [1.807, 2.05) is 37.8 Å². The van der Waals surface area contributed by atoms with Gasteiger partial charge in [-0.2, -0.15) is 0 Å². The average Bonchev–Trinajstić information content (AvgIpc) is 2.60. The van der Waals surface area contributed by atoms with Crippen LogP contribution in [0.4, 0.5) is 10.5 Å². The highest BCUT2D eigenvalue weighted by Crippen LogP contribution is 2.32. The van der Waals surface area contributed by atoms with Gasteiger partial charge in [0.25, 0.3) is 5.91 Å². The fourth-order valence-electron chi connectivity index (χ4n) is 3.77. The molecule has 2 aliphatic rings. The Morgan fingerprint density at radius 3 is 2.70 bits per heavy atom. The van der Waals surface area contributed by atoms with Crippen LogP contribution in [-0.4, -0.2) is 42.2 Å². The van der Waals surface area contributed by atoms with Gasteiger partial charge in [0.2, 0.25) is 0 Å². The van der Waals surface area contributed by atoms with Crippen molar-refractivity contribution in [1.82, 2.24) is 4.90 Å². The van der Waals surface area contributed by atoms with Crippen molar-refractivity contribution in [2.75, 3.05) is 25.0 Å². The van der Waals surface area contributed by atoms with Crippen molar-refractivity contribution in [2.24, 2.45) is 11.8 Å². The van der Waals surface area contributed by atoms with Crippen LogP contribution in [0, 0.1) is 11.8 Å². The number of likely N-dealkylation sites (tertiary alicyclic amines) is 1. The van der Waals surface area contributed by atoms with Crippen LogP contribution in [-0.2, 0) is 16.0 Å². The molecule has 0 saturated carbocycles. The zero-order chi connectivity index (χ0) is 19.6. The van der Waals surface area contributed by atoms with Gasteiger partial charge in [-0.15, -0.1) is 0 Å². The third-order valence-corrected chi connectivity index (χ3v) is 5.23. The predicted octanol–water partition coefficient (Wildman–Crippen LogP) is 3.84. The molecule has 1 atom stereocenters. The standard InChI is InChI=1S/C21H30N2O4/c1-14(11-15-5-6-18-17(12-15)22-19(24)13-26-18)16-7-9-23(10-8-16)20(25)27-21(2,3)4/h5-6,12,14,16H,7-11,13H2,1-4H3,(H,22,24). The Bertz CT molecular complexity index is 703. The number of fused-ring (bicyclic) bond motifs is 1. The molecule has 0 aromatic heterocycles. The van der Waals surface area contributed by atoms with Crippen LogP contribution >= 0.6 is 0 Å². The number of amides is 2. The number of rotatable bonds is 3.